The molecule has 7 aliphatic rings. The summed E-state index contributed by atoms with van der Waals surface area (Å²) in [4.78, 5) is 65.1. The first kappa shape index (κ1) is 134. The Morgan fingerprint density at radius 1 is 0.392 bits per heavy atom. The van der Waals surface area contributed by atoms with Crippen molar-refractivity contribution >= 4 is 114 Å². The van der Waals surface area contributed by atoms with Crippen molar-refractivity contribution in [1.29, 1.82) is 0 Å². The van der Waals surface area contributed by atoms with Crippen LogP contribution in [-0.4, -0.2) is 380 Å². The molecule has 73 heteroatoms. The molecule has 0 unspecified atom stereocenters. The van der Waals surface area contributed by atoms with Crippen LogP contribution in [0.2, 0.25) is 0 Å². The third-order valence-electron chi connectivity index (χ3n) is 17.9. The number of aliphatic carboxylic acids is 2. The van der Waals surface area contributed by atoms with E-state index in [1.54, 1.807) is 11.8 Å². The molecule has 7 rings (SSSR count). The minimum atomic E-state index is -6.59. The fourth-order valence-corrected chi connectivity index (χ4v) is 17.7. The van der Waals surface area contributed by atoms with Crippen LogP contribution in [0.5, 0.6) is 0 Å². The molecule has 125 heavy (non-hydrogen) atoms. The van der Waals surface area contributed by atoms with Gasteiger partial charge in [-0.1, -0.05) is 6.42 Å². The number of carbonyl (C=O) groups is 5. The monoisotopic (exact) mass is 2050 g/mol. The van der Waals surface area contributed by atoms with E-state index in [1.165, 1.54) is 0 Å². The number of ether oxygens (including phenoxy) is 16. The zero-order valence-electron chi connectivity index (χ0n) is 69.7. The second-order valence-electron chi connectivity index (χ2n) is 25.3. The first-order valence-electron chi connectivity index (χ1n) is 33.3. The average molecular weight is 2050 g/mol. The predicted molar refractivity (Wildman–Crippen MR) is 346 cm³/mol. The average Bonchev–Trinajstić information content (AvgIpc) is 1.55. The van der Waals surface area contributed by atoms with E-state index in [0.29, 0.717) is 34.3 Å². The Labute approximate surface area is 921 Å². The number of unbranched alkanes of at least 4 members (excludes halogenated alkanes) is 2. The van der Waals surface area contributed by atoms with Gasteiger partial charge in [0, 0.05) is 80.3 Å². The summed E-state index contributed by atoms with van der Waals surface area (Å²) in [6.45, 7) is -4.52. The third-order valence-corrected chi connectivity index (χ3v) is 22.6. The van der Waals surface area contributed by atoms with Gasteiger partial charge in [-0.15, -0.1) is 0 Å². The minimum Gasteiger partial charge on any atom is -0.726 e. The van der Waals surface area contributed by atoms with Crippen molar-refractivity contribution in [3.05, 3.63) is 0 Å². The van der Waals surface area contributed by atoms with Gasteiger partial charge in [0.05, 0.1) is 43.8 Å². The SMILES string of the molecule is CO[C@H]1O[C@H](COS(=O)(=O)[O-])[C@@H](O[C@@H]2O[C@@H](C(=O)[O-])[C@@H](O[C@H]3O[C@H](COS(=O)(=O)[O-])[C@@H](O[C@@H]4O[C@H](C(=O)[O-])[C@@H](O[C@H]5O[C@H](COS(=O)(=O)[O-])[C@@H](OC)[C@H](OC)[C@H]5NC(=O)CCCCNC(=O)NCCCC[C@@H]5SC[C@@H]6NC(=O)N[C@@H]65)[C@H](OC)[C@H]4OC)[C@H](OS(=O)(=O)[O-])[C@H]3OS(=O)(=O)[O-])[C@H](OC)[C@H]2OC)[C@H](OS(=O)(=O)[O-])[C@H]1OS(=O)(=O)[O-].[Na+].[Na+].[Na+].[Na+].[Na+].[Na+].[Na+].[Na+].[Na+]. The Hall–Kier alpha value is 4.75. The summed E-state index contributed by atoms with van der Waals surface area (Å²) >= 11 is 1.74. The molecule has 0 bridgehead atoms. The van der Waals surface area contributed by atoms with Crippen LogP contribution in [-0.2, 0) is 192 Å². The summed E-state index contributed by atoms with van der Waals surface area (Å²) in [5, 5.41) is 40.7. The molecule has 0 aromatic carbocycles. The summed E-state index contributed by atoms with van der Waals surface area (Å²) < 4.78 is 377. The van der Waals surface area contributed by atoms with E-state index < -0.39 is 270 Å². The Bertz CT molecular complexity index is 4190. The van der Waals surface area contributed by atoms with Gasteiger partial charge in [-0.3, -0.25) is 34.1 Å². The van der Waals surface area contributed by atoms with Crippen molar-refractivity contribution in [1.82, 2.24) is 26.6 Å². The first-order chi connectivity index (χ1) is 53.9. The topological polar surface area (TPSA) is 804 Å². The Balaban J connectivity index is -0.0000165. The van der Waals surface area contributed by atoms with Crippen molar-refractivity contribution in [3.63, 3.8) is 0 Å². The van der Waals surface area contributed by atoms with Gasteiger partial charge in [0.15, 0.2) is 43.7 Å². The van der Waals surface area contributed by atoms with Crippen LogP contribution in [0.1, 0.15) is 38.5 Å². The molecule has 0 aromatic heterocycles. The minimum absolute atomic E-state index is 0. The molecule has 7 fully saturated rings. The van der Waals surface area contributed by atoms with E-state index in [2.05, 4.69) is 55.9 Å². The van der Waals surface area contributed by atoms with E-state index in [-0.39, 0.29) is 315 Å². The maximum Gasteiger partial charge on any atom is 1.00 e. The summed E-state index contributed by atoms with van der Waals surface area (Å²) in [5.41, 5.74) is 0. The number of hydrogen-bond donors (Lipinski definition) is 5. The smallest absolute Gasteiger partial charge is 0.726 e. The number of rotatable bonds is 45. The molecule has 7 saturated heterocycles. The Morgan fingerprint density at radius 2 is 0.736 bits per heavy atom. The molecular formula is C52H78N5Na9O51S8. The van der Waals surface area contributed by atoms with Crippen LogP contribution in [0, 0.1) is 0 Å². The summed E-state index contributed by atoms with van der Waals surface area (Å²) in [5.74, 6) is -5.07. The zero-order valence-corrected chi connectivity index (χ0v) is 94.3. The first-order valence-corrected chi connectivity index (χ1v) is 43.7. The molecule has 28 atom stereocenters. The molecule has 7 heterocycles. The predicted octanol–water partition coefficient (Wildman–Crippen LogP) is -39.5. The van der Waals surface area contributed by atoms with Gasteiger partial charge in [-0.2, -0.15) is 11.8 Å². The van der Waals surface area contributed by atoms with Gasteiger partial charge in [-0.25, -0.2) is 68.5 Å². The molecule has 0 radical (unpaired) electrons. The molecule has 0 saturated carbocycles. The van der Waals surface area contributed by atoms with Crippen molar-refractivity contribution in [3.8, 4) is 0 Å². The zero-order chi connectivity index (χ0) is 86.5. The Morgan fingerprint density at radius 3 is 1.11 bits per heavy atom. The van der Waals surface area contributed by atoms with E-state index in [1.807, 2.05) is 0 Å². The Kier molecular flexibility index (Phi) is 64.5. The van der Waals surface area contributed by atoms with Crippen molar-refractivity contribution in [2.24, 2.45) is 0 Å². The quantitative estimate of drug-likeness (QED) is 0.0124. The molecule has 56 nitrogen and oxygen atoms in total. The summed E-state index contributed by atoms with van der Waals surface area (Å²) in [6, 6.07) is -2.45. The van der Waals surface area contributed by atoms with Gasteiger partial charge < -0.3 is 154 Å². The second kappa shape index (κ2) is 60.2. The van der Waals surface area contributed by atoms with Crippen molar-refractivity contribution in [2.75, 3.05) is 88.4 Å². The molecule has 674 valence electrons. The molecule has 0 spiro atoms. The fourth-order valence-electron chi connectivity index (χ4n) is 13.4. The van der Waals surface area contributed by atoms with Gasteiger partial charge >= 0.3 is 278 Å². The van der Waals surface area contributed by atoms with Gasteiger partial charge in [-0.05, 0) is 25.7 Å². The van der Waals surface area contributed by atoms with Gasteiger partial charge in [0.1, 0.15) is 110 Å². The number of methoxy groups -OCH3 is 7. The van der Waals surface area contributed by atoms with E-state index in [0.717, 1.165) is 47.0 Å². The van der Waals surface area contributed by atoms with Gasteiger partial charge in [0.2, 0.25) is 78.7 Å². The number of urea groups is 2. The molecule has 7 aliphatic heterocycles. The molecule has 0 aromatic rings. The molecule has 0 aliphatic carbocycles. The number of thioether (sulfide) groups is 1. The van der Waals surface area contributed by atoms with Crippen LogP contribution in [0.15, 0.2) is 0 Å². The maximum absolute atomic E-state index is 13.9. The van der Waals surface area contributed by atoms with Crippen LogP contribution in [0.25, 0.3) is 0 Å². The third kappa shape index (κ3) is 42.1. The number of fused-ring (bicyclic) bond motifs is 1. The largest absolute Gasteiger partial charge is 1.00 e. The summed E-state index contributed by atoms with van der Waals surface area (Å²) in [6.07, 6.45) is -60.3. The molecular weight excluding hydrogens is 1970 g/mol. The second-order valence-corrected chi connectivity index (χ2v) is 33.7. The van der Waals surface area contributed by atoms with Crippen molar-refractivity contribution in [2.45, 2.75) is 209 Å². The summed E-state index contributed by atoms with van der Waals surface area (Å²) in [7, 11) is -37.6. The number of carboxylic acids is 2. The van der Waals surface area contributed by atoms with Crippen molar-refractivity contribution < 1.29 is 496 Å². The number of hydrogen-bond acceptors (Lipinski definition) is 52. The van der Waals surface area contributed by atoms with E-state index >= 15 is 0 Å². The normalized spacial score (nSPS) is 33.0. The number of carbonyl (C=O) groups excluding carboxylic acids is 5. The van der Waals surface area contributed by atoms with E-state index in [9.17, 15) is 125 Å². The number of amides is 5. The maximum atomic E-state index is 13.9. The number of carboxylic acid groups (broad SMARTS) is 2. The number of nitrogens with one attached hydrogen (secondary N) is 5. The van der Waals surface area contributed by atoms with Crippen LogP contribution >= 0.6 is 11.8 Å². The van der Waals surface area contributed by atoms with Crippen LogP contribution < -0.4 is 303 Å². The fraction of sp³-hybridized carbons (Fsp3) is 0.904. The van der Waals surface area contributed by atoms with Crippen LogP contribution in [0.3, 0.4) is 0 Å². The molecule has 5 amide bonds. The van der Waals surface area contributed by atoms with Gasteiger partial charge in [0.25, 0.3) is 0 Å². The molecule has 5 N–H and O–H groups in total. The standard InChI is InChI=1S/C52H87N5O51S8.9Na/c1-86-28-21(16-93-110(65,66)67)96-46(27(31(28)87-2)56-25(58)13-9-11-15-54-51(63)53-14-10-8-12-24-26-20(19-109-24)55-52(64)57-26)101-34-32(88-3)40(90-5)48(103-38(34)44(59)60)100-30-23(18-95-112(71,72)73)98-50(43(108-116(83,84)85)37(30)106-114(77,78)79)102-35-33(89-4)41(91-6)49(104-39(35)45(61)62)99-29-22(17-94-111(68,69)70)97-47(92-7)42(107-115(80,81)82)36(29)105-113(74,75)76;;;;;;;;;/h20-24,26-43,46-50H,8-19H2,1-7H3,(H,56,58)(H,59,60)(H,61,62)(H2,53,54,63)(H2,55,57,64)(H,65,66,67)(H,68,69,70)(H,71,72,73)(H,74,75,76)(H,77,78,79)(H,80,81,82)(H,83,84,85);;;;;;;;;/q;9*+1/p-9/t20-,21+,22+,23+,24-,26-,27+,28+,29+,30+,31+,32-,33-,34-,35-,36-,37-,38-,39+,40+,41+,42+,43+,46+,47-,48+,49+,50+;;;;;;;;;/m0........./s1. The van der Waals surface area contributed by atoms with Crippen LogP contribution in [0.4, 0.5) is 9.59 Å². The van der Waals surface area contributed by atoms with E-state index in [4.69, 9.17) is 75.8 Å².